The molecule has 2 aromatic rings. The van der Waals surface area contributed by atoms with Gasteiger partial charge in [-0.25, -0.2) is 4.98 Å². The molecule has 0 saturated carbocycles. The SMILES string of the molecule is COc1cc([N+](=O)[O-])ccc1NC(=O)CCN1CCN(c2ncc(C(F)(F)F)cc2Cl)CC1. The molecule has 178 valence electrons. The van der Waals surface area contributed by atoms with Gasteiger partial charge in [0.05, 0.1) is 34.4 Å². The van der Waals surface area contributed by atoms with Gasteiger partial charge in [-0.15, -0.1) is 0 Å². The Morgan fingerprint density at radius 2 is 1.97 bits per heavy atom. The lowest BCUT2D eigenvalue weighted by Crippen LogP contribution is -2.47. The van der Waals surface area contributed by atoms with E-state index < -0.39 is 16.7 Å². The Morgan fingerprint density at radius 3 is 2.55 bits per heavy atom. The van der Waals surface area contributed by atoms with E-state index in [1.54, 1.807) is 4.90 Å². The molecule has 1 aromatic heterocycles. The number of methoxy groups -OCH3 is 1. The lowest BCUT2D eigenvalue weighted by atomic mass is 10.2. The van der Waals surface area contributed by atoms with Gasteiger partial charge in [0.2, 0.25) is 5.91 Å². The fourth-order valence-corrected chi connectivity index (χ4v) is 3.66. The summed E-state index contributed by atoms with van der Waals surface area (Å²) in [5, 5.41) is 13.5. The number of hydrogen-bond acceptors (Lipinski definition) is 7. The van der Waals surface area contributed by atoms with E-state index in [2.05, 4.69) is 10.3 Å². The molecule has 0 atom stereocenters. The molecule has 0 radical (unpaired) electrons. The minimum atomic E-state index is -4.51. The summed E-state index contributed by atoms with van der Waals surface area (Å²) >= 11 is 6.02. The third kappa shape index (κ3) is 6.23. The molecule has 1 aliphatic heterocycles. The molecule has 1 amide bonds. The zero-order valence-corrected chi connectivity index (χ0v) is 18.3. The van der Waals surface area contributed by atoms with Gasteiger partial charge in [-0.3, -0.25) is 19.8 Å². The molecule has 3 rings (SSSR count). The van der Waals surface area contributed by atoms with Crippen molar-refractivity contribution in [3.05, 3.63) is 51.2 Å². The number of piperazine rings is 1. The molecule has 33 heavy (non-hydrogen) atoms. The first-order chi connectivity index (χ1) is 15.6. The normalized spacial score (nSPS) is 14.8. The number of nitro groups is 1. The van der Waals surface area contributed by atoms with Gasteiger partial charge in [0.25, 0.3) is 5.69 Å². The molecule has 13 heteroatoms. The number of nitrogens with zero attached hydrogens (tertiary/aromatic N) is 4. The molecule has 0 unspecified atom stereocenters. The fraction of sp³-hybridized carbons (Fsp3) is 0.400. The molecule has 1 aromatic carbocycles. The number of pyridine rings is 1. The van der Waals surface area contributed by atoms with E-state index in [-0.39, 0.29) is 28.8 Å². The minimum Gasteiger partial charge on any atom is -0.494 e. The number of non-ortho nitro benzene ring substituents is 1. The molecule has 1 saturated heterocycles. The summed E-state index contributed by atoms with van der Waals surface area (Å²) in [6.07, 6.45) is -3.56. The number of amides is 1. The van der Waals surface area contributed by atoms with Crippen molar-refractivity contribution in [3.8, 4) is 5.75 Å². The summed E-state index contributed by atoms with van der Waals surface area (Å²) in [5.41, 5.74) is -0.711. The summed E-state index contributed by atoms with van der Waals surface area (Å²) in [6, 6.07) is 4.79. The minimum absolute atomic E-state index is 0.0605. The number of aromatic nitrogens is 1. The van der Waals surface area contributed by atoms with Crippen LogP contribution in [-0.2, 0) is 11.0 Å². The maximum absolute atomic E-state index is 12.8. The molecule has 9 nitrogen and oxygen atoms in total. The van der Waals surface area contributed by atoms with Crippen LogP contribution in [0.25, 0.3) is 0 Å². The quantitative estimate of drug-likeness (QED) is 0.468. The van der Waals surface area contributed by atoms with Crippen LogP contribution >= 0.6 is 11.6 Å². The van der Waals surface area contributed by atoms with Crippen molar-refractivity contribution in [1.82, 2.24) is 9.88 Å². The highest BCUT2D eigenvalue weighted by Crippen LogP contribution is 2.34. The number of ether oxygens (including phenoxy) is 1. The van der Waals surface area contributed by atoms with Crippen LogP contribution in [0.2, 0.25) is 5.02 Å². The number of rotatable bonds is 7. The molecule has 1 aliphatic rings. The van der Waals surface area contributed by atoms with E-state index in [9.17, 15) is 28.1 Å². The molecular weight excluding hydrogens is 467 g/mol. The van der Waals surface area contributed by atoms with Crippen molar-refractivity contribution in [2.24, 2.45) is 0 Å². The molecule has 0 bridgehead atoms. The third-order valence-corrected chi connectivity index (χ3v) is 5.42. The number of benzene rings is 1. The summed E-state index contributed by atoms with van der Waals surface area (Å²) in [7, 11) is 1.35. The maximum Gasteiger partial charge on any atom is 0.417 e. The molecule has 2 heterocycles. The lowest BCUT2D eigenvalue weighted by Gasteiger charge is -2.35. The van der Waals surface area contributed by atoms with Crippen LogP contribution in [0.5, 0.6) is 5.75 Å². The largest absolute Gasteiger partial charge is 0.494 e. The van der Waals surface area contributed by atoms with E-state index in [0.29, 0.717) is 44.2 Å². The number of nitro benzene ring substituents is 1. The highest BCUT2D eigenvalue weighted by atomic mass is 35.5. The Bertz CT molecular complexity index is 1030. The van der Waals surface area contributed by atoms with Crippen LogP contribution in [-0.4, -0.2) is 60.5 Å². The number of anilines is 2. The number of hydrogen-bond donors (Lipinski definition) is 1. The molecule has 0 aliphatic carbocycles. The van der Waals surface area contributed by atoms with Gasteiger partial charge in [-0.1, -0.05) is 11.6 Å². The van der Waals surface area contributed by atoms with Gasteiger partial charge in [-0.2, -0.15) is 13.2 Å². The van der Waals surface area contributed by atoms with Crippen LogP contribution in [0.1, 0.15) is 12.0 Å². The molecular formula is C20H21ClF3N5O4. The van der Waals surface area contributed by atoms with E-state index in [4.69, 9.17) is 16.3 Å². The van der Waals surface area contributed by atoms with Gasteiger partial charge in [0, 0.05) is 51.4 Å². The maximum atomic E-state index is 12.8. The Hall–Kier alpha value is -3.12. The Balaban J connectivity index is 1.50. The third-order valence-electron chi connectivity index (χ3n) is 5.15. The van der Waals surface area contributed by atoms with Crippen LogP contribution in [0.3, 0.4) is 0 Å². The van der Waals surface area contributed by atoms with Crippen molar-refractivity contribution in [1.29, 1.82) is 0 Å². The van der Waals surface area contributed by atoms with Gasteiger partial charge in [-0.05, 0) is 12.1 Å². The van der Waals surface area contributed by atoms with Crippen molar-refractivity contribution in [2.45, 2.75) is 12.6 Å². The second-order valence-corrected chi connectivity index (χ2v) is 7.70. The zero-order chi connectivity index (χ0) is 24.2. The van der Waals surface area contributed by atoms with E-state index >= 15 is 0 Å². The summed E-state index contributed by atoms with van der Waals surface area (Å²) in [4.78, 5) is 30.4. The van der Waals surface area contributed by atoms with E-state index in [1.165, 1.54) is 25.3 Å². The van der Waals surface area contributed by atoms with Crippen LogP contribution in [0, 0.1) is 10.1 Å². The Kier molecular flexibility index (Phi) is 7.59. The lowest BCUT2D eigenvalue weighted by molar-refractivity contribution is -0.384. The number of halogens is 4. The van der Waals surface area contributed by atoms with Crippen molar-refractivity contribution < 1.29 is 27.6 Å². The van der Waals surface area contributed by atoms with Gasteiger partial charge >= 0.3 is 6.18 Å². The second-order valence-electron chi connectivity index (χ2n) is 7.30. The Labute approximate surface area is 192 Å². The standard InChI is InChI=1S/C20H21ClF3N5O4/c1-33-17-11-14(29(31)32)2-3-16(17)26-18(30)4-5-27-6-8-28(9-7-27)19-15(21)10-13(12-25-19)20(22,23)24/h2-3,10-12H,4-9H2,1H3,(H,26,30). The van der Waals surface area contributed by atoms with Crippen LogP contribution in [0.4, 0.5) is 30.4 Å². The van der Waals surface area contributed by atoms with Gasteiger partial charge in [0.15, 0.2) is 0 Å². The number of carbonyl (C=O) groups excluding carboxylic acids is 1. The molecule has 0 spiro atoms. The molecule has 1 fully saturated rings. The first-order valence-corrected chi connectivity index (χ1v) is 10.3. The Morgan fingerprint density at radius 1 is 1.27 bits per heavy atom. The highest BCUT2D eigenvalue weighted by molar-refractivity contribution is 6.33. The first kappa shape index (κ1) is 24.5. The average molecular weight is 488 g/mol. The van der Waals surface area contributed by atoms with E-state index in [1.807, 2.05) is 4.90 Å². The van der Waals surface area contributed by atoms with Crippen molar-refractivity contribution >= 4 is 34.7 Å². The number of alkyl halides is 3. The van der Waals surface area contributed by atoms with Gasteiger partial charge in [0.1, 0.15) is 11.6 Å². The summed E-state index contributed by atoms with van der Waals surface area (Å²) in [5.74, 6) is 0.205. The number of nitrogens with one attached hydrogen (secondary N) is 1. The van der Waals surface area contributed by atoms with Crippen LogP contribution in [0.15, 0.2) is 30.5 Å². The average Bonchev–Trinajstić information content (AvgIpc) is 2.77. The van der Waals surface area contributed by atoms with Crippen molar-refractivity contribution in [2.75, 3.05) is 50.1 Å². The van der Waals surface area contributed by atoms with Crippen LogP contribution < -0.4 is 15.0 Å². The van der Waals surface area contributed by atoms with E-state index in [0.717, 1.165) is 12.3 Å². The topological polar surface area (TPSA) is 101 Å². The summed E-state index contributed by atoms with van der Waals surface area (Å²) < 4.78 is 43.5. The first-order valence-electron chi connectivity index (χ1n) is 9.91. The van der Waals surface area contributed by atoms with Crippen molar-refractivity contribution in [3.63, 3.8) is 0 Å². The smallest absolute Gasteiger partial charge is 0.417 e. The highest BCUT2D eigenvalue weighted by Gasteiger charge is 2.32. The summed E-state index contributed by atoms with van der Waals surface area (Å²) in [6.45, 7) is 2.61. The fourth-order valence-electron chi connectivity index (χ4n) is 3.37. The zero-order valence-electron chi connectivity index (χ0n) is 17.6. The van der Waals surface area contributed by atoms with Gasteiger partial charge < -0.3 is 15.0 Å². The number of carbonyl (C=O) groups is 1. The monoisotopic (exact) mass is 487 g/mol. The second kappa shape index (κ2) is 10.2. The molecule has 1 N–H and O–H groups in total. The predicted octanol–water partition coefficient (Wildman–Crippen LogP) is 3.82. The predicted molar refractivity (Wildman–Crippen MR) is 116 cm³/mol.